The first kappa shape index (κ1) is 18.2. The monoisotopic (exact) mass is 355 g/mol. The van der Waals surface area contributed by atoms with Crippen molar-refractivity contribution in [2.45, 2.75) is 6.61 Å². The van der Waals surface area contributed by atoms with E-state index in [-0.39, 0.29) is 6.03 Å². The van der Waals surface area contributed by atoms with Crippen molar-refractivity contribution >= 4 is 11.7 Å². The van der Waals surface area contributed by atoms with Gasteiger partial charge in [0.1, 0.15) is 12.4 Å². The molecular formula is C20H25N3O3. The van der Waals surface area contributed by atoms with Crippen LogP contribution in [0.4, 0.5) is 10.5 Å². The largest absolute Gasteiger partial charge is 0.489 e. The summed E-state index contributed by atoms with van der Waals surface area (Å²) in [4.78, 5) is 14.2. The highest BCUT2D eigenvalue weighted by Gasteiger charge is 2.10. The lowest BCUT2D eigenvalue weighted by molar-refractivity contribution is 0.0388. The van der Waals surface area contributed by atoms with Crippen LogP contribution in [-0.2, 0) is 11.3 Å². The Balaban J connectivity index is 1.37. The molecule has 1 fully saturated rings. The quantitative estimate of drug-likeness (QED) is 0.802. The maximum Gasteiger partial charge on any atom is 0.319 e. The molecule has 1 aliphatic heterocycles. The third kappa shape index (κ3) is 6.06. The highest BCUT2D eigenvalue weighted by atomic mass is 16.5. The Hall–Kier alpha value is -2.57. The lowest BCUT2D eigenvalue weighted by atomic mass is 10.2. The summed E-state index contributed by atoms with van der Waals surface area (Å²) in [6, 6.07) is 17.2. The molecule has 1 aliphatic rings. The van der Waals surface area contributed by atoms with Gasteiger partial charge in [0.2, 0.25) is 0 Å². The number of nitrogens with one attached hydrogen (secondary N) is 2. The molecule has 2 aromatic rings. The number of morpholine rings is 1. The second-order valence-electron chi connectivity index (χ2n) is 6.13. The van der Waals surface area contributed by atoms with Crippen LogP contribution in [0.15, 0.2) is 54.6 Å². The van der Waals surface area contributed by atoms with Crippen LogP contribution in [0.1, 0.15) is 5.56 Å². The number of ether oxygens (including phenoxy) is 2. The minimum Gasteiger partial charge on any atom is -0.489 e. The van der Waals surface area contributed by atoms with Crippen molar-refractivity contribution in [1.82, 2.24) is 10.2 Å². The van der Waals surface area contributed by atoms with E-state index in [1.54, 1.807) is 0 Å². The number of carbonyl (C=O) groups is 1. The van der Waals surface area contributed by atoms with Crippen LogP contribution in [0.2, 0.25) is 0 Å². The molecule has 2 amide bonds. The normalized spacial score (nSPS) is 14.6. The number of nitrogens with zero attached hydrogens (tertiary/aromatic N) is 1. The van der Waals surface area contributed by atoms with Gasteiger partial charge >= 0.3 is 6.03 Å². The van der Waals surface area contributed by atoms with E-state index in [9.17, 15) is 4.79 Å². The van der Waals surface area contributed by atoms with Gasteiger partial charge in [0.15, 0.2) is 0 Å². The zero-order valence-electron chi connectivity index (χ0n) is 14.8. The summed E-state index contributed by atoms with van der Waals surface area (Å²) in [6.45, 7) is 5.36. The summed E-state index contributed by atoms with van der Waals surface area (Å²) in [5.41, 5.74) is 1.86. The molecule has 0 bridgehead atoms. The molecule has 0 aliphatic carbocycles. The van der Waals surface area contributed by atoms with E-state index in [2.05, 4.69) is 15.5 Å². The lowest BCUT2D eigenvalue weighted by Gasteiger charge is -2.26. The zero-order valence-corrected chi connectivity index (χ0v) is 14.8. The molecule has 26 heavy (non-hydrogen) atoms. The molecule has 3 rings (SSSR count). The Morgan fingerprint density at radius 3 is 2.50 bits per heavy atom. The summed E-state index contributed by atoms with van der Waals surface area (Å²) < 4.78 is 11.0. The fourth-order valence-electron chi connectivity index (χ4n) is 2.70. The van der Waals surface area contributed by atoms with Crippen molar-refractivity contribution in [2.24, 2.45) is 0 Å². The average Bonchev–Trinajstić information content (AvgIpc) is 2.69. The standard InChI is InChI=1S/C20H25N3O3/c24-20(21-10-11-23-12-14-25-15-13-23)22-18-6-8-19(9-7-18)26-16-17-4-2-1-3-5-17/h1-9H,10-16H2,(H2,21,22,24). The third-order valence-electron chi connectivity index (χ3n) is 4.18. The van der Waals surface area contributed by atoms with E-state index in [0.29, 0.717) is 13.2 Å². The van der Waals surface area contributed by atoms with Gasteiger partial charge in [-0.2, -0.15) is 0 Å². The predicted octanol–water partition coefficient (Wildman–Crippen LogP) is 2.72. The van der Waals surface area contributed by atoms with Crippen LogP contribution >= 0.6 is 0 Å². The molecule has 0 radical (unpaired) electrons. The van der Waals surface area contributed by atoms with Crippen LogP contribution in [0, 0.1) is 0 Å². The number of hydrogen-bond acceptors (Lipinski definition) is 4. The number of benzene rings is 2. The van der Waals surface area contributed by atoms with Gasteiger partial charge in [0, 0.05) is 31.9 Å². The molecule has 0 aromatic heterocycles. The van der Waals surface area contributed by atoms with E-state index < -0.39 is 0 Å². The zero-order chi connectivity index (χ0) is 18.0. The molecule has 0 spiro atoms. The second kappa shape index (κ2) is 9.79. The fourth-order valence-corrected chi connectivity index (χ4v) is 2.70. The first-order valence-electron chi connectivity index (χ1n) is 8.91. The van der Waals surface area contributed by atoms with Gasteiger partial charge in [0.25, 0.3) is 0 Å². The summed E-state index contributed by atoms with van der Waals surface area (Å²) in [5, 5.41) is 5.71. The highest BCUT2D eigenvalue weighted by Crippen LogP contribution is 2.17. The number of carbonyl (C=O) groups excluding carboxylic acids is 1. The Kier molecular flexibility index (Phi) is 6.87. The Morgan fingerprint density at radius 1 is 1.04 bits per heavy atom. The van der Waals surface area contributed by atoms with E-state index in [4.69, 9.17) is 9.47 Å². The predicted molar refractivity (Wildman–Crippen MR) is 101 cm³/mol. The first-order valence-corrected chi connectivity index (χ1v) is 8.91. The van der Waals surface area contributed by atoms with Crippen molar-refractivity contribution in [3.63, 3.8) is 0 Å². The summed E-state index contributed by atoms with van der Waals surface area (Å²) in [6.07, 6.45) is 0. The van der Waals surface area contributed by atoms with Gasteiger partial charge in [-0.25, -0.2) is 4.79 Å². The van der Waals surface area contributed by atoms with Crippen LogP contribution in [0.25, 0.3) is 0 Å². The number of amides is 2. The van der Waals surface area contributed by atoms with Gasteiger partial charge in [-0.05, 0) is 29.8 Å². The Labute approximate surface area is 154 Å². The van der Waals surface area contributed by atoms with Crippen LogP contribution in [0.5, 0.6) is 5.75 Å². The smallest absolute Gasteiger partial charge is 0.319 e. The average molecular weight is 355 g/mol. The van der Waals surface area contributed by atoms with Crippen molar-refractivity contribution < 1.29 is 14.3 Å². The molecule has 6 nitrogen and oxygen atoms in total. The van der Waals surface area contributed by atoms with Crippen molar-refractivity contribution in [3.8, 4) is 5.75 Å². The molecule has 1 saturated heterocycles. The van der Waals surface area contributed by atoms with Gasteiger partial charge in [0.05, 0.1) is 13.2 Å². The molecule has 2 N–H and O–H groups in total. The number of hydrogen-bond donors (Lipinski definition) is 2. The number of urea groups is 1. The minimum absolute atomic E-state index is 0.198. The summed E-state index contributed by atoms with van der Waals surface area (Å²) in [7, 11) is 0. The SMILES string of the molecule is O=C(NCCN1CCOCC1)Nc1ccc(OCc2ccccc2)cc1. The molecule has 138 valence electrons. The molecule has 0 unspecified atom stereocenters. The number of rotatable bonds is 7. The van der Waals surface area contributed by atoms with Gasteiger partial charge in [-0.3, -0.25) is 4.90 Å². The van der Waals surface area contributed by atoms with Crippen LogP contribution < -0.4 is 15.4 Å². The topological polar surface area (TPSA) is 62.8 Å². The lowest BCUT2D eigenvalue weighted by Crippen LogP contribution is -2.42. The first-order chi connectivity index (χ1) is 12.8. The third-order valence-corrected chi connectivity index (χ3v) is 4.18. The van der Waals surface area contributed by atoms with E-state index >= 15 is 0 Å². The fraction of sp³-hybridized carbons (Fsp3) is 0.350. The highest BCUT2D eigenvalue weighted by molar-refractivity contribution is 5.89. The van der Waals surface area contributed by atoms with E-state index in [1.807, 2.05) is 54.6 Å². The maximum absolute atomic E-state index is 12.0. The van der Waals surface area contributed by atoms with E-state index in [0.717, 1.165) is 49.8 Å². The van der Waals surface area contributed by atoms with Crippen molar-refractivity contribution in [3.05, 3.63) is 60.2 Å². The number of anilines is 1. The minimum atomic E-state index is -0.198. The molecule has 6 heteroatoms. The van der Waals surface area contributed by atoms with Gasteiger partial charge in [-0.1, -0.05) is 30.3 Å². The molecule has 1 heterocycles. The maximum atomic E-state index is 12.0. The molecule has 0 saturated carbocycles. The van der Waals surface area contributed by atoms with Crippen LogP contribution in [0.3, 0.4) is 0 Å². The summed E-state index contributed by atoms with van der Waals surface area (Å²) >= 11 is 0. The van der Waals surface area contributed by atoms with Crippen molar-refractivity contribution in [2.75, 3.05) is 44.7 Å². The Morgan fingerprint density at radius 2 is 1.77 bits per heavy atom. The van der Waals surface area contributed by atoms with Crippen molar-refractivity contribution in [1.29, 1.82) is 0 Å². The molecular weight excluding hydrogens is 330 g/mol. The summed E-state index contributed by atoms with van der Waals surface area (Å²) in [5.74, 6) is 0.770. The van der Waals surface area contributed by atoms with Gasteiger partial charge < -0.3 is 20.1 Å². The van der Waals surface area contributed by atoms with Gasteiger partial charge in [-0.15, -0.1) is 0 Å². The van der Waals surface area contributed by atoms with E-state index in [1.165, 1.54) is 0 Å². The molecule has 0 atom stereocenters. The van der Waals surface area contributed by atoms with Crippen LogP contribution in [-0.4, -0.2) is 50.3 Å². The second-order valence-corrected chi connectivity index (χ2v) is 6.13. The molecule has 2 aromatic carbocycles. The Bertz CT molecular complexity index is 670.